The Labute approximate surface area is 314 Å². The summed E-state index contributed by atoms with van der Waals surface area (Å²) < 4.78 is 0. The van der Waals surface area contributed by atoms with Gasteiger partial charge in [0.15, 0.2) is 0 Å². The molecule has 0 heterocycles. The highest BCUT2D eigenvalue weighted by Gasteiger charge is 2.29. The number of hydrogen-bond donors (Lipinski definition) is 0. The fraction of sp³-hybridized carbons (Fsp3) is 0.0943. The van der Waals surface area contributed by atoms with Gasteiger partial charge in [0.1, 0.15) is 0 Å². The zero-order chi connectivity index (χ0) is 35.4. The molecule has 6 aromatic rings. The third-order valence-electron chi connectivity index (χ3n) is 11.1. The minimum atomic E-state index is 0.223. The van der Waals surface area contributed by atoms with E-state index in [0.29, 0.717) is 0 Å². The summed E-state index contributed by atoms with van der Waals surface area (Å²) in [5.41, 5.74) is 19.3. The Kier molecular flexibility index (Phi) is 9.11. The van der Waals surface area contributed by atoms with Gasteiger partial charge in [-0.2, -0.15) is 0 Å². The Balaban J connectivity index is 0.824. The molecule has 0 amide bonds. The van der Waals surface area contributed by atoms with Gasteiger partial charge in [0.25, 0.3) is 0 Å². The predicted octanol–water partition coefficient (Wildman–Crippen LogP) is 13.4. The van der Waals surface area contributed by atoms with Crippen LogP contribution in [-0.4, -0.2) is 0 Å². The summed E-state index contributed by atoms with van der Waals surface area (Å²) in [6.07, 6.45) is 17.2. The minimum absolute atomic E-state index is 0.223. The number of allylic oxidation sites excluding steroid dienone is 10. The van der Waals surface area contributed by atoms with Gasteiger partial charge in [0.05, 0.1) is 0 Å². The lowest BCUT2D eigenvalue weighted by Gasteiger charge is -2.19. The smallest absolute Gasteiger partial charge is 0.0339 e. The van der Waals surface area contributed by atoms with Crippen molar-refractivity contribution in [2.45, 2.75) is 31.1 Å². The molecule has 0 saturated carbocycles. The number of hydrogen-bond acceptors (Lipinski definition) is 0. The van der Waals surface area contributed by atoms with Crippen LogP contribution in [0.5, 0.6) is 0 Å². The van der Waals surface area contributed by atoms with Crippen LogP contribution in [0.25, 0.3) is 12.2 Å². The van der Waals surface area contributed by atoms with Gasteiger partial charge in [-0.1, -0.05) is 206 Å². The normalized spacial score (nSPS) is 15.2. The monoisotopic (exact) mass is 678 g/mol. The molecule has 0 N–H and O–H groups in total. The van der Waals surface area contributed by atoms with Crippen molar-refractivity contribution >= 4 is 12.2 Å². The van der Waals surface area contributed by atoms with Crippen molar-refractivity contribution in [3.63, 3.8) is 0 Å². The van der Waals surface area contributed by atoms with Crippen LogP contribution in [0, 0.1) is 0 Å². The Morgan fingerprint density at radius 3 is 0.925 bits per heavy atom. The van der Waals surface area contributed by atoms with Crippen LogP contribution in [0.2, 0.25) is 0 Å². The van der Waals surface area contributed by atoms with Crippen LogP contribution in [0.1, 0.15) is 75.6 Å². The molecular formula is C53H42. The van der Waals surface area contributed by atoms with E-state index in [1.807, 2.05) is 0 Å². The molecule has 3 aliphatic carbocycles. The van der Waals surface area contributed by atoms with Crippen molar-refractivity contribution in [1.29, 1.82) is 0 Å². The molecule has 0 saturated heterocycles. The van der Waals surface area contributed by atoms with Crippen LogP contribution < -0.4 is 0 Å². The molecule has 0 heteroatoms. The van der Waals surface area contributed by atoms with Crippen molar-refractivity contribution < 1.29 is 0 Å². The first-order chi connectivity index (χ1) is 26.2. The standard InChI is InChI=1S/C53H42/c1-5-13-42(14-6-1)52(43-15-7-2-8-16-43)46-29-25-38(26-30-46)21-23-40-33-48-37-49-34-41(36-51(49)50(48)35-40)24-22-39-27-31-47(32-28-39)53(44-17-9-3-10-18-44)45-19-11-4-12-20-45/h1-34,52-53H,35-37H2/b23-21+,24-22+. The van der Waals surface area contributed by atoms with E-state index in [9.17, 15) is 0 Å². The summed E-state index contributed by atoms with van der Waals surface area (Å²) in [7, 11) is 0. The van der Waals surface area contributed by atoms with E-state index in [1.165, 1.54) is 66.8 Å². The number of fused-ring (bicyclic) bond motifs is 1. The first-order valence-corrected chi connectivity index (χ1v) is 18.9. The van der Waals surface area contributed by atoms with Gasteiger partial charge < -0.3 is 0 Å². The summed E-state index contributed by atoms with van der Waals surface area (Å²) in [5, 5.41) is 0. The summed E-state index contributed by atoms with van der Waals surface area (Å²) in [5.74, 6) is 0.445. The van der Waals surface area contributed by atoms with Gasteiger partial charge in [0.2, 0.25) is 0 Å². The van der Waals surface area contributed by atoms with E-state index in [0.717, 1.165) is 19.3 Å². The van der Waals surface area contributed by atoms with Gasteiger partial charge in [-0.15, -0.1) is 0 Å². The third kappa shape index (κ3) is 7.02. The molecule has 9 rings (SSSR count). The Bertz CT molecular complexity index is 2150. The fourth-order valence-corrected chi connectivity index (χ4v) is 8.44. The van der Waals surface area contributed by atoms with E-state index in [1.54, 1.807) is 11.1 Å². The average molecular weight is 679 g/mol. The zero-order valence-corrected chi connectivity index (χ0v) is 29.9. The SMILES string of the molecule is C1=C(/C=C/c2ccc(C(c3ccccc3)c3ccccc3)cc2)CC2=C1CC1=C2CC(/C=C/c2ccc(C(c3ccccc3)c3ccccc3)cc2)=C1. The maximum Gasteiger partial charge on any atom is 0.0339 e. The quantitative estimate of drug-likeness (QED) is 0.127. The van der Waals surface area contributed by atoms with Crippen molar-refractivity contribution in [1.82, 2.24) is 0 Å². The van der Waals surface area contributed by atoms with Crippen LogP contribution in [-0.2, 0) is 0 Å². The van der Waals surface area contributed by atoms with Crippen LogP contribution >= 0.6 is 0 Å². The Hall–Kier alpha value is -6.24. The van der Waals surface area contributed by atoms with Crippen LogP contribution in [0.3, 0.4) is 0 Å². The van der Waals surface area contributed by atoms with Gasteiger partial charge >= 0.3 is 0 Å². The van der Waals surface area contributed by atoms with Gasteiger partial charge in [0, 0.05) is 11.8 Å². The first-order valence-electron chi connectivity index (χ1n) is 18.9. The molecule has 0 nitrogen and oxygen atoms in total. The molecule has 0 fully saturated rings. The lowest BCUT2D eigenvalue weighted by Crippen LogP contribution is -2.03. The highest BCUT2D eigenvalue weighted by molar-refractivity contribution is 5.69. The first kappa shape index (κ1) is 32.7. The van der Waals surface area contributed by atoms with E-state index in [-0.39, 0.29) is 11.8 Å². The van der Waals surface area contributed by atoms with E-state index < -0.39 is 0 Å². The molecule has 0 spiro atoms. The molecule has 0 aliphatic heterocycles. The van der Waals surface area contributed by atoms with Gasteiger partial charge in [-0.3, -0.25) is 0 Å². The highest BCUT2D eigenvalue weighted by atomic mass is 14.3. The second-order valence-corrected chi connectivity index (χ2v) is 14.5. The average Bonchev–Trinajstić information content (AvgIpc) is 3.90. The van der Waals surface area contributed by atoms with Crippen molar-refractivity contribution in [3.05, 3.63) is 272 Å². The summed E-state index contributed by atoms with van der Waals surface area (Å²) >= 11 is 0. The highest BCUT2D eigenvalue weighted by Crippen LogP contribution is 2.48. The molecule has 3 aliphatic rings. The third-order valence-corrected chi connectivity index (χ3v) is 11.1. The van der Waals surface area contributed by atoms with E-state index in [2.05, 4.69) is 206 Å². The topological polar surface area (TPSA) is 0 Å². The fourth-order valence-electron chi connectivity index (χ4n) is 8.44. The van der Waals surface area contributed by atoms with Gasteiger partial charge in [-0.25, -0.2) is 0 Å². The number of rotatable bonds is 10. The second-order valence-electron chi connectivity index (χ2n) is 14.5. The van der Waals surface area contributed by atoms with E-state index >= 15 is 0 Å². The molecule has 0 unspecified atom stereocenters. The van der Waals surface area contributed by atoms with Crippen LogP contribution in [0.4, 0.5) is 0 Å². The molecule has 53 heavy (non-hydrogen) atoms. The second kappa shape index (κ2) is 14.8. The minimum Gasteiger partial charge on any atom is -0.0622 e. The largest absolute Gasteiger partial charge is 0.0622 e. The van der Waals surface area contributed by atoms with Crippen molar-refractivity contribution in [2.75, 3.05) is 0 Å². The summed E-state index contributed by atoms with van der Waals surface area (Å²) in [6, 6.07) is 61.5. The molecule has 254 valence electrons. The molecule has 0 aromatic heterocycles. The summed E-state index contributed by atoms with van der Waals surface area (Å²) in [6.45, 7) is 0. The molecular weight excluding hydrogens is 637 g/mol. The number of benzene rings is 6. The molecule has 0 atom stereocenters. The lowest BCUT2D eigenvalue weighted by atomic mass is 9.85. The van der Waals surface area contributed by atoms with Crippen molar-refractivity contribution in [2.24, 2.45) is 0 Å². The predicted molar refractivity (Wildman–Crippen MR) is 223 cm³/mol. The lowest BCUT2D eigenvalue weighted by molar-refractivity contribution is 0.977. The maximum atomic E-state index is 2.43. The zero-order valence-electron chi connectivity index (χ0n) is 29.9. The molecule has 6 aromatic carbocycles. The summed E-state index contributed by atoms with van der Waals surface area (Å²) in [4.78, 5) is 0. The van der Waals surface area contributed by atoms with Crippen molar-refractivity contribution in [3.8, 4) is 0 Å². The Morgan fingerprint density at radius 2 is 0.604 bits per heavy atom. The van der Waals surface area contributed by atoms with E-state index in [4.69, 9.17) is 0 Å². The van der Waals surface area contributed by atoms with Crippen LogP contribution in [0.15, 0.2) is 228 Å². The Morgan fingerprint density at radius 1 is 0.302 bits per heavy atom. The van der Waals surface area contributed by atoms with Gasteiger partial charge in [-0.05, 0) is 97.2 Å². The molecule has 0 bridgehead atoms. The maximum absolute atomic E-state index is 2.43. The molecule has 0 radical (unpaired) electrons.